The number of carbonyl (C=O) groups is 1. The van der Waals surface area contributed by atoms with E-state index in [9.17, 15) is 4.79 Å². The first-order chi connectivity index (χ1) is 13.7. The molecule has 0 N–H and O–H groups in total. The van der Waals surface area contributed by atoms with Gasteiger partial charge in [-0.2, -0.15) is 0 Å². The molecule has 0 bridgehead atoms. The zero-order valence-corrected chi connectivity index (χ0v) is 18.4. The first-order valence-electron chi connectivity index (χ1n) is 10.3. The standard InChI is InChI=1S/C26H32O3/c1-17(2)19(4)18(3)12-23-24(26(23,5)6)25(27)29-16-21-14-22(28-15-21)13-20-10-8-7-9-11-20/h7-12,14-15,23-24H,13,16H2,1-6H3. The van der Waals surface area contributed by atoms with E-state index in [-0.39, 0.29) is 29.8 Å². The summed E-state index contributed by atoms with van der Waals surface area (Å²) in [4.78, 5) is 12.7. The van der Waals surface area contributed by atoms with Crippen molar-refractivity contribution in [3.63, 3.8) is 0 Å². The second-order valence-corrected chi connectivity index (χ2v) is 8.99. The Morgan fingerprint density at radius 2 is 1.79 bits per heavy atom. The summed E-state index contributed by atoms with van der Waals surface area (Å²) in [5.74, 6) is 0.896. The molecule has 1 aliphatic rings. The van der Waals surface area contributed by atoms with Gasteiger partial charge in [0, 0.05) is 12.0 Å². The molecule has 3 heteroatoms. The summed E-state index contributed by atoms with van der Waals surface area (Å²) >= 11 is 0. The maximum atomic E-state index is 12.7. The van der Waals surface area contributed by atoms with Crippen LogP contribution in [0.25, 0.3) is 0 Å². The minimum atomic E-state index is -0.121. The molecule has 2 aromatic rings. The summed E-state index contributed by atoms with van der Waals surface area (Å²) in [6.45, 7) is 13.0. The highest BCUT2D eigenvalue weighted by Gasteiger charge is 2.61. The third kappa shape index (κ3) is 4.90. The van der Waals surface area contributed by atoms with Crippen LogP contribution in [0.1, 0.15) is 58.4 Å². The zero-order chi connectivity index (χ0) is 21.2. The molecule has 1 saturated carbocycles. The van der Waals surface area contributed by atoms with Crippen LogP contribution in [0.5, 0.6) is 0 Å². The van der Waals surface area contributed by atoms with Crippen molar-refractivity contribution in [2.24, 2.45) is 17.3 Å². The number of furan rings is 1. The average molecular weight is 393 g/mol. The summed E-state index contributed by atoms with van der Waals surface area (Å²) in [5.41, 5.74) is 5.88. The van der Waals surface area contributed by atoms with Crippen molar-refractivity contribution in [1.29, 1.82) is 0 Å². The van der Waals surface area contributed by atoms with Crippen LogP contribution in [-0.4, -0.2) is 5.97 Å². The van der Waals surface area contributed by atoms with Gasteiger partial charge in [-0.3, -0.25) is 4.79 Å². The summed E-state index contributed by atoms with van der Waals surface area (Å²) in [6, 6.07) is 12.2. The highest BCUT2D eigenvalue weighted by molar-refractivity contribution is 5.78. The molecular formula is C26H32O3. The third-order valence-corrected chi connectivity index (χ3v) is 6.25. The fourth-order valence-electron chi connectivity index (χ4n) is 3.86. The van der Waals surface area contributed by atoms with Gasteiger partial charge in [-0.25, -0.2) is 0 Å². The number of benzene rings is 1. The molecule has 2 atom stereocenters. The van der Waals surface area contributed by atoms with Crippen molar-refractivity contribution in [2.45, 2.75) is 54.6 Å². The molecule has 1 heterocycles. The van der Waals surface area contributed by atoms with Crippen LogP contribution in [0.3, 0.4) is 0 Å². The summed E-state index contributed by atoms with van der Waals surface area (Å²) in [5, 5.41) is 0. The Kier molecular flexibility index (Phi) is 6.16. The molecule has 2 unspecified atom stereocenters. The van der Waals surface area contributed by atoms with Crippen LogP contribution in [0, 0.1) is 17.3 Å². The van der Waals surface area contributed by atoms with Crippen molar-refractivity contribution in [3.05, 3.63) is 82.3 Å². The minimum absolute atomic E-state index is 0.0604. The van der Waals surface area contributed by atoms with Crippen LogP contribution in [0.15, 0.2) is 69.9 Å². The van der Waals surface area contributed by atoms with Crippen LogP contribution < -0.4 is 0 Å². The number of hydrogen-bond acceptors (Lipinski definition) is 3. The lowest BCUT2D eigenvalue weighted by molar-refractivity contribution is -0.147. The van der Waals surface area contributed by atoms with Crippen molar-refractivity contribution in [1.82, 2.24) is 0 Å². The number of hydrogen-bond donors (Lipinski definition) is 0. The number of carbonyl (C=O) groups excluding carboxylic acids is 1. The van der Waals surface area contributed by atoms with E-state index in [1.807, 2.05) is 24.3 Å². The van der Waals surface area contributed by atoms with E-state index in [4.69, 9.17) is 9.15 Å². The van der Waals surface area contributed by atoms with Crippen LogP contribution in [0.4, 0.5) is 0 Å². The van der Waals surface area contributed by atoms with Gasteiger partial charge in [0.05, 0.1) is 12.2 Å². The molecule has 0 radical (unpaired) electrons. The molecular weight excluding hydrogens is 360 g/mol. The quantitative estimate of drug-likeness (QED) is 0.399. The smallest absolute Gasteiger partial charge is 0.310 e. The highest BCUT2D eigenvalue weighted by Crippen LogP contribution is 2.60. The Labute approximate surface area is 174 Å². The van der Waals surface area contributed by atoms with Gasteiger partial charge in [-0.15, -0.1) is 0 Å². The SMILES string of the molecule is CC(=CC1C(C(=O)OCc2coc(Cc3ccccc3)c2)C1(C)C)C(C)=C(C)C. The van der Waals surface area contributed by atoms with E-state index >= 15 is 0 Å². The van der Waals surface area contributed by atoms with Gasteiger partial charge in [-0.1, -0.05) is 61.4 Å². The van der Waals surface area contributed by atoms with Crippen molar-refractivity contribution in [2.75, 3.05) is 0 Å². The lowest BCUT2D eigenvalue weighted by atomic mass is 10.0. The van der Waals surface area contributed by atoms with E-state index < -0.39 is 0 Å². The molecule has 1 fully saturated rings. The fraction of sp³-hybridized carbons (Fsp3) is 0.423. The van der Waals surface area contributed by atoms with Gasteiger partial charge < -0.3 is 9.15 Å². The van der Waals surface area contributed by atoms with Gasteiger partial charge in [0.25, 0.3) is 0 Å². The topological polar surface area (TPSA) is 39.4 Å². The maximum Gasteiger partial charge on any atom is 0.310 e. The van der Waals surface area contributed by atoms with Crippen molar-refractivity contribution < 1.29 is 13.9 Å². The largest absolute Gasteiger partial charge is 0.469 e. The Hall–Kier alpha value is -2.55. The highest BCUT2D eigenvalue weighted by atomic mass is 16.5. The molecule has 0 amide bonds. The Bertz CT molecular complexity index is 924. The lowest BCUT2D eigenvalue weighted by Gasteiger charge is -2.05. The number of allylic oxidation sites excluding steroid dienone is 4. The number of ether oxygens (including phenoxy) is 1. The molecule has 0 saturated heterocycles. The van der Waals surface area contributed by atoms with Crippen molar-refractivity contribution >= 4 is 5.97 Å². The van der Waals surface area contributed by atoms with Crippen LogP contribution in [-0.2, 0) is 22.6 Å². The second-order valence-electron chi connectivity index (χ2n) is 8.99. The van der Waals surface area contributed by atoms with Gasteiger partial charge >= 0.3 is 5.97 Å². The fourth-order valence-corrected chi connectivity index (χ4v) is 3.86. The first kappa shape index (κ1) is 21.2. The normalized spacial score (nSPS) is 20.3. The van der Waals surface area contributed by atoms with Crippen molar-refractivity contribution in [3.8, 4) is 0 Å². The molecule has 154 valence electrons. The van der Waals surface area contributed by atoms with E-state index in [0.717, 1.165) is 17.7 Å². The first-order valence-corrected chi connectivity index (χ1v) is 10.3. The van der Waals surface area contributed by atoms with Gasteiger partial charge in [0.15, 0.2) is 0 Å². The molecule has 0 aliphatic heterocycles. The molecule has 1 aromatic carbocycles. The molecule has 3 rings (SSSR count). The number of esters is 1. The third-order valence-electron chi connectivity index (χ3n) is 6.25. The predicted octanol–water partition coefficient (Wildman–Crippen LogP) is 6.49. The van der Waals surface area contributed by atoms with Crippen LogP contribution >= 0.6 is 0 Å². The Morgan fingerprint density at radius 3 is 2.45 bits per heavy atom. The zero-order valence-electron chi connectivity index (χ0n) is 18.4. The van der Waals surface area contributed by atoms with E-state index in [1.165, 1.54) is 22.3 Å². The van der Waals surface area contributed by atoms with Gasteiger partial charge in [0.1, 0.15) is 12.4 Å². The summed E-state index contributed by atoms with van der Waals surface area (Å²) in [6.07, 6.45) is 4.66. The summed E-state index contributed by atoms with van der Waals surface area (Å²) in [7, 11) is 0. The molecule has 3 nitrogen and oxygen atoms in total. The van der Waals surface area contributed by atoms with E-state index in [2.05, 4.69) is 59.8 Å². The van der Waals surface area contributed by atoms with Gasteiger partial charge in [-0.05, 0) is 56.2 Å². The predicted molar refractivity (Wildman–Crippen MR) is 116 cm³/mol. The minimum Gasteiger partial charge on any atom is -0.469 e. The monoisotopic (exact) mass is 392 g/mol. The van der Waals surface area contributed by atoms with Gasteiger partial charge in [0.2, 0.25) is 0 Å². The summed E-state index contributed by atoms with van der Waals surface area (Å²) < 4.78 is 11.3. The Morgan fingerprint density at radius 1 is 1.10 bits per heavy atom. The molecule has 29 heavy (non-hydrogen) atoms. The maximum absolute atomic E-state index is 12.7. The van der Waals surface area contributed by atoms with Crippen LogP contribution in [0.2, 0.25) is 0 Å². The lowest BCUT2D eigenvalue weighted by Crippen LogP contribution is -2.10. The number of rotatable bonds is 7. The molecule has 0 spiro atoms. The van der Waals surface area contributed by atoms with E-state index in [0.29, 0.717) is 0 Å². The van der Waals surface area contributed by atoms with E-state index in [1.54, 1.807) is 6.26 Å². The Balaban J connectivity index is 1.57. The molecule has 1 aliphatic carbocycles. The second kappa shape index (κ2) is 8.44. The average Bonchev–Trinajstić information content (AvgIpc) is 3.00. The molecule has 1 aromatic heterocycles.